The zero-order chi connectivity index (χ0) is 10.4. The van der Waals surface area contributed by atoms with Crippen molar-refractivity contribution in [2.24, 2.45) is 11.7 Å². The molecule has 0 bridgehead atoms. The molecule has 0 fully saturated rings. The normalized spacial score (nSPS) is 11.3. The monoisotopic (exact) mass is 229 g/mol. The molecule has 4 heteroatoms. The van der Waals surface area contributed by atoms with Crippen LogP contribution in [0.4, 0.5) is 0 Å². The first kappa shape index (κ1) is 13.9. The maximum atomic E-state index is 11.2. The second-order valence-corrected chi connectivity index (χ2v) is 3.23. The smallest absolute Gasteiger partial charge is 0.310 e. The number of carbonyl (C=O) groups is 1. The summed E-state index contributed by atoms with van der Waals surface area (Å²) >= 11 is 0. The summed E-state index contributed by atoms with van der Waals surface area (Å²) in [5.41, 5.74) is 6.33. The molecule has 0 saturated carbocycles. The molecular weight excluding hydrogens is 214 g/mol. The average molecular weight is 230 g/mol. The maximum absolute atomic E-state index is 11.2. The molecule has 0 amide bonds. The number of benzene rings is 1. The summed E-state index contributed by atoms with van der Waals surface area (Å²) in [7, 11) is 0. The molecule has 15 heavy (non-hydrogen) atoms. The van der Waals surface area contributed by atoms with Gasteiger partial charge in [0.15, 0.2) is 0 Å². The quantitative estimate of drug-likeness (QED) is 0.801. The third-order valence-electron chi connectivity index (χ3n) is 1.98. The molecule has 84 valence electrons. The van der Waals surface area contributed by atoms with Gasteiger partial charge in [0.2, 0.25) is 0 Å². The van der Waals surface area contributed by atoms with Crippen LogP contribution >= 0.6 is 12.4 Å². The van der Waals surface area contributed by atoms with E-state index in [0.29, 0.717) is 13.2 Å². The summed E-state index contributed by atoms with van der Waals surface area (Å²) in [4.78, 5) is 11.2. The van der Waals surface area contributed by atoms with Crippen molar-refractivity contribution in [1.82, 2.24) is 0 Å². The predicted molar refractivity (Wildman–Crippen MR) is 61.7 cm³/mol. The van der Waals surface area contributed by atoms with E-state index in [1.165, 1.54) is 0 Å². The van der Waals surface area contributed by atoms with Crippen molar-refractivity contribution in [3.63, 3.8) is 0 Å². The largest absolute Gasteiger partial charge is 0.461 e. The van der Waals surface area contributed by atoms with Crippen molar-refractivity contribution in [3.05, 3.63) is 35.9 Å². The molecule has 2 N–H and O–H groups in total. The highest BCUT2D eigenvalue weighted by Gasteiger charge is 2.11. The first-order valence-corrected chi connectivity index (χ1v) is 4.64. The van der Waals surface area contributed by atoms with Gasteiger partial charge in [-0.25, -0.2) is 0 Å². The Morgan fingerprint density at radius 3 is 2.53 bits per heavy atom. The minimum atomic E-state index is -0.239. The number of esters is 1. The van der Waals surface area contributed by atoms with E-state index in [4.69, 9.17) is 10.5 Å². The minimum Gasteiger partial charge on any atom is -0.461 e. The highest BCUT2D eigenvalue weighted by Crippen LogP contribution is 2.03. The first-order valence-electron chi connectivity index (χ1n) is 4.64. The average Bonchev–Trinajstić information content (AvgIpc) is 2.26. The Hall–Kier alpha value is -1.06. The Balaban J connectivity index is 0.00000196. The second-order valence-electron chi connectivity index (χ2n) is 3.23. The van der Waals surface area contributed by atoms with E-state index in [9.17, 15) is 4.79 Å². The molecule has 1 aromatic carbocycles. The SMILES string of the molecule is C[C@@H](CN)C(=O)OCc1ccccc1.Cl. The fourth-order valence-electron chi connectivity index (χ4n) is 0.967. The summed E-state index contributed by atoms with van der Waals surface area (Å²) in [6, 6.07) is 9.58. The Labute approximate surface area is 96.0 Å². The van der Waals surface area contributed by atoms with Gasteiger partial charge in [-0.1, -0.05) is 37.3 Å². The van der Waals surface area contributed by atoms with Gasteiger partial charge in [-0.3, -0.25) is 4.79 Å². The van der Waals surface area contributed by atoms with Gasteiger partial charge < -0.3 is 10.5 Å². The zero-order valence-corrected chi connectivity index (χ0v) is 9.50. The molecular formula is C11H16ClNO2. The number of nitrogens with two attached hydrogens (primary N) is 1. The van der Waals surface area contributed by atoms with Crippen LogP contribution in [0, 0.1) is 5.92 Å². The predicted octanol–water partition coefficient (Wildman–Crippen LogP) is 1.75. The number of hydrogen-bond acceptors (Lipinski definition) is 3. The van der Waals surface area contributed by atoms with Crippen molar-refractivity contribution < 1.29 is 9.53 Å². The molecule has 0 aromatic heterocycles. The van der Waals surface area contributed by atoms with E-state index in [-0.39, 0.29) is 24.3 Å². The molecule has 1 aromatic rings. The van der Waals surface area contributed by atoms with E-state index < -0.39 is 0 Å². The van der Waals surface area contributed by atoms with Crippen molar-refractivity contribution in [2.75, 3.05) is 6.54 Å². The fourth-order valence-corrected chi connectivity index (χ4v) is 0.967. The van der Waals surface area contributed by atoms with Crippen LogP contribution in [0.1, 0.15) is 12.5 Å². The number of rotatable bonds is 4. The van der Waals surface area contributed by atoms with Crippen molar-refractivity contribution >= 4 is 18.4 Å². The highest BCUT2D eigenvalue weighted by molar-refractivity contribution is 5.85. The number of halogens is 1. The molecule has 0 radical (unpaired) electrons. The van der Waals surface area contributed by atoms with E-state index in [0.717, 1.165) is 5.56 Å². The van der Waals surface area contributed by atoms with E-state index in [1.54, 1.807) is 6.92 Å². The van der Waals surface area contributed by atoms with Gasteiger partial charge in [0.1, 0.15) is 6.61 Å². The molecule has 0 aliphatic heterocycles. The van der Waals surface area contributed by atoms with Gasteiger partial charge in [-0.2, -0.15) is 0 Å². The lowest BCUT2D eigenvalue weighted by Crippen LogP contribution is -2.22. The molecule has 1 atom stereocenters. The van der Waals surface area contributed by atoms with Gasteiger partial charge in [-0.15, -0.1) is 12.4 Å². The fraction of sp³-hybridized carbons (Fsp3) is 0.364. The highest BCUT2D eigenvalue weighted by atomic mass is 35.5. The first-order chi connectivity index (χ1) is 6.74. The van der Waals surface area contributed by atoms with Crippen LogP contribution in [0.25, 0.3) is 0 Å². The molecule has 3 nitrogen and oxygen atoms in total. The van der Waals surface area contributed by atoms with Crippen LogP contribution in [0.3, 0.4) is 0 Å². The summed E-state index contributed by atoms with van der Waals surface area (Å²) in [5.74, 6) is -0.463. The Bertz CT molecular complexity index is 290. The van der Waals surface area contributed by atoms with Crippen LogP contribution in [-0.2, 0) is 16.1 Å². The third kappa shape index (κ3) is 4.81. The van der Waals surface area contributed by atoms with Gasteiger partial charge in [0, 0.05) is 6.54 Å². The van der Waals surface area contributed by atoms with E-state index in [2.05, 4.69) is 0 Å². The lowest BCUT2D eigenvalue weighted by molar-refractivity contribution is -0.148. The summed E-state index contributed by atoms with van der Waals surface area (Å²) in [6.07, 6.45) is 0. The van der Waals surface area contributed by atoms with Crippen LogP contribution < -0.4 is 5.73 Å². The molecule has 0 spiro atoms. The van der Waals surface area contributed by atoms with E-state index in [1.807, 2.05) is 30.3 Å². The second kappa shape index (κ2) is 7.26. The number of ether oxygens (including phenoxy) is 1. The molecule has 0 aliphatic rings. The van der Waals surface area contributed by atoms with Gasteiger partial charge in [0.25, 0.3) is 0 Å². The lowest BCUT2D eigenvalue weighted by Gasteiger charge is -2.08. The van der Waals surface area contributed by atoms with Crippen LogP contribution in [0.5, 0.6) is 0 Å². The lowest BCUT2D eigenvalue weighted by atomic mass is 10.2. The summed E-state index contributed by atoms with van der Waals surface area (Å²) < 4.78 is 5.06. The minimum absolute atomic E-state index is 0. The molecule has 0 aliphatic carbocycles. The van der Waals surface area contributed by atoms with Crippen molar-refractivity contribution in [1.29, 1.82) is 0 Å². The molecule has 0 unspecified atom stereocenters. The summed E-state index contributed by atoms with van der Waals surface area (Å²) in [5, 5.41) is 0. The Morgan fingerprint density at radius 1 is 1.40 bits per heavy atom. The van der Waals surface area contributed by atoms with Crippen LogP contribution in [0.15, 0.2) is 30.3 Å². The number of carbonyl (C=O) groups excluding carboxylic acids is 1. The van der Waals surface area contributed by atoms with Crippen molar-refractivity contribution in [3.8, 4) is 0 Å². The third-order valence-corrected chi connectivity index (χ3v) is 1.98. The van der Waals surface area contributed by atoms with Gasteiger partial charge in [0.05, 0.1) is 5.92 Å². The van der Waals surface area contributed by atoms with Crippen LogP contribution in [-0.4, -0.2) is 12.5 Å². The molecule has 1 rings (SSSR count). The topological polar surface area (TPSA) is 52.3 Å². The summed E-state index contributed by atoms with van der Waals surface area (Å²) in [6.45, 7) is 2.41. The van der Waals surface area contributed by atoms with Gasteiger partial charge in [-0.05, 0) is 5.56 Å². The van der Waals surface area contributed by atoms with Crippen LogP contribution in [0.2, 0.25) is 0 Å². The zero-order valence-electron chi connectivity index (χ0n) is 8.68. The van der Waals surface area contributed by atoms with Crippen molar-refractivity contribution in [2.45, 2.75) is 13.5 Å². The standard InChI is InChI=1S/C11H15NO2.ClH/c1-9(7-12)11(13)14-8-10-5-3-2-4-6-10;/h2-6,9H,7-8,12H2,1H3;1H/t9-;/m0./s1. The molecule has 0 saturated heterocycles. The van der Waals surface area contributed by atoms with Gasteiger partial charge >= 0.3 is 5.97 Å². The maximum Gasteiger partial charge on any atom is 0.310 e. The number of hydrogen-bond donors (Lipinski definition) is 1. The molecule has 0 heterocycles. The Morgan fingerprint density at radius 2 is 2.00 bits per heavy atom. The Kier molecular flexibility index (Phi) is 6.75. The van der Waals surface area contributed by atoms with E-state index >= 15 is 0 Å².